The van der Waals surface area contributed by atoms with E-state index in [-0.39, 0.29) is 5.75 Å². The Kier molecular flexibility index (Phi) is 7.92. The SMILES string of the molecule is C[NH+](C)CCNC(=S)NCCc1ccc(OC(F)F)cc1. The van der Waals surface area contributed by atoms with Gasteiger partial charge in [0.05, 0.1) is 27.2 Å². The van der Waals surface area contributed by atoms with Gasteiger partial charge >= 0.3 is 6.61 Å². The Labute approximate surface area is 129 Å². The highest BCUT2D eigenvalue weighted by atomic mass is 32.1. The number of rotatable bonds is 8. The van der Waals surface area contributed by atoms with Crippen molar-refractivity contribution in [3.05, 3.63) is 29.8 Å². The first-order valence-electron chi connectivity index (χ1n) is 6.82. The van der Waals surface area contributed by atoms with Crippen LogP contribution in [0.25, 0.3) is 0 Å². The van der Waals surface area contributed by atoms with Gasteiger partial charge in [0.1, 0.15) is 5.75 Å². The second-order valence-corrected chi connectivity index (χ2v) is 5.32. The van der Waals surface area contributed by atoms with Crippen LogP contribution in [-0.4, -0.2) is 45.5 Å². The molecule has 0 aliphatic rings. The number of hydrogen-bond donors (Lipinski definition) is 3. The normalized spacial score (nSPS) is 10.8. The van der Waals surface area contributed by atoms with Crippen molar-refractivity contribution in [3.63, 3.8) is 0 Å². The minimum atomic E-state index is -2.79. The molecule has 0 aliphatic heterocycles. The van der Waals surface area contributed by atoms with Gasteiger partial charge in [-0.2, -0.15) is 8.78 Å². The van der Waals surface area contributed by atoms with E-state index in [1.807, 2.05) is 0 Å². The van der Waals surface area contributed by atoms with Gasteiger partial charge in [0.25, 0.3) is 0 Å². The second kappa shape index (κ2) is 9.46. The van der Waals surface area contributed by atoms with Gasteiger partial charge in [-0.05, 0) is 36.3 Å². The average Bonchev–Trinajstić information content (AvgIpc) is 2.39. The Morgan fingerprint density at radius 3 is 2.38 bits per heavy atom. The first kappa shape index (κ1) is 17.6. The molecule has 0 fully saturated rings. The van der Waals surface area contributed by atoms with Crippen LogP contribution in [0.3, 0.4) is 0 Å². The highest BCUT2D eigenvalue weighted by Crippen LogP contribution is 2.14. The quantitative estimate of drug-likeness (QED) is 0.608. The molecule has 0 heterocycles. The molecule has 21 heavy (non-hydrogen) atoms. The molecular weight excluding hydrogens is 296 g/mol. The fourth-order valence-corrected chi connectivity index (χ4v) is 1.85. The van der Waals surface area contributed by atoms with E-state index in [0.717, 1.165) is 25.1 Å². The van der Waals surface area contributed by atoms with Crippen LogP contribution in [0.5, 0.6) is 5.75 Å². The zero-order chi connectivity index (χ0) is 15.7. The lowest BCUT2D eigenvalue weighted by Gasteiger charge is -2.12. The molecule has 0 aliphatic carbocycles. The van der Waals surface area contributed by atoms with Crippen molar-refractivity contribution in [2.45, 2.75) is 13.0 Å². The molecule has 0 atom stereocenters. The van der Waals surface area contributed by atoms with E-state index >= 15 is 0 Å². The minimum Gasteiger partial charge on any atom is -0.435 e. The minimum absolute atomic E-state index is 0.171. The third kappa shape index (κ3) is 8.41. The van der Waals surface area contributed by atoms with Crippen molar-refractivity contribution >= 4 is 17.3 Å². The molecule has 0 bridgehead atoms. The zero-order valence-corrected chi connectivity index (χ0v) is 13.1. The number of alkyl halides is 2. The van der Waals surface area contributed by atoms with Gasteiger partial charge in [-0.1, -0.05) is 12.1 Å². The maximum Gasteiger partial charge on any atom is 0.387 e. The van der Waals surface area contributed by atoms with E-state index in [0.29, 0.717) is 11.7 Å². The highest BCUT2D eigenvalue weighted by Gasteiger charge is 2.03. The Morgan fingerprint density at radius 2 is 1.81 bits per heavy atom. The summed E-state index contributed by atoms with van der Waals surface area (Å²) in [5, 5.41) is 6.87. The molecule has 0 radical (unpaired) electrons. The van der Waals surface area contributed by atoms with Crippen molar-refractivity contribution in [1.82, 2.24) is 10.6 Å². The highest BCUT2D eigenvalue weighted by molar-refractivity contribution is 7.80. The summed E-state index contributed by atoms with van der Waals surface area (Å²) in [6.45, 7) is -0.276. The van der Waals surface area contributed by atoms with Crippen LogP contribution in [0.4, 0.5) is 8.78 Å². The molecule has 1 aromatic rings. The number of thiocarbonyl (C=S) groups is 1. The number of nitrogens with one attached hydrogen (secondary N) is 3. The van der Waals surface area contributed by atoms with E-state index in [1.165, 1.54) is 17.0 Å². The number of quaternary nitrogens is 1. The predicted octanol–water partition coefficient (Wildman–Crippen LogP) is 0.439. The second-order valence-electron chi connectivity index (χ2n) is 4.91. The Morgan fingerprint density at radius 1 is 1.19 bits per heavy atom. The summed E-state index contributed by atoms with van der Waals surface area (Å²) in [7, 11) is 4.17. The summed E-state index contributed by atoms with van der Waals surface area (Å²) in [5.74, 6) is 0.171. The van der Waals surface area contributed by atoms with Gasteiger partial charge in [-0.25, -0.2) is 0 Å². The number of halogens is 2. The molecule has 4 nitrogen and oxygen atoms in total. The summed E-state index contributed by atoms with van der Waals surface area (Å²) >= 11 is 5.15. The van der Waals surface area contributed by atoms with Gasteiger partial charge in [0.2, 0.25) is 0 Å². The number of hydrogen-bond acceptors (Lipinski definition) is 2. The molecule has 0 aromatic heterocycles. The number of benzene rings is 1. The predicted molar refractivity (Wildman–Crippen MR) is 83.1 cm³/mol. The first-order chi connectivity index (χ1) is 9.97. The lowest BCUT2D eigenvalue weighted by Crippen LogP contribution is -3.06. The third-order valence-electron chi connectivity index (χ3n) is 2.76. The third-order valence-corrected chi connectivity index (χ3v) is 3.05. The number of ether oxygens (including phenoxy) is 1. The van der Waals surface area contributed by atoms with Crippen LogP contribution in [0.1, 0.15) is 5.56 Å². The van der Waals surface area contributed by atoms with Crippen molar-refractivity contribution in [3.8, 4) is 5.75 Å². The lowest BCUT2D eigenvalue weighted by molar-refractivity contribution is -0.856. The molecule has 0 saturated heterocycles. The van der Waals surface area contributed by atoms with E-state index in [2.05, 4.69) is 29.5 Å². The molecule has 0 unspecified atom stereocenters. The maximum atomic E-state index is 12.0. The Hall–Kier alpha value is -1.47. The smallest absolute Gasteiger partial charge is 0.387 e. The van der Waals surface area contributed by atoms with Crippen molar-refractivity contribution < 1.29 is 18.4 Å². The van der Waals surface area contributed by atoms with Crippen LogP contribution in [0, 0.1) is 0 Å². The fraction of sp³-hybridized carbons (Fsp3) is 0.500. The van der Waals surface area contributed by atoms with E-state index < -0.39 is 6.61 Å². The standard InChI is InChI=1S/C14H21F2N3OS/c1-19(2)10-9-18-14(21)17-8-7-11-3-5-12(6-4-11)20-13(15)16/h3-6,13H,7-10H2,1-2H3,(H2,17,18,21)/p+1. The van der Waals surface area contributed by atoms with Crippen LogP contribution in [-0.2, 0) is 6.42 Å². The summed E-state index contributed by atoms with van der Waals surface area (Å²) < 4.78 is 28.3. The van der Waals surface area contributed by atoms with Gasteiger partial charge < -0.3 is 20.3 Å². The molecule has 1 aromatic carbocycles. The Balaban J connectivity index is 2.21. The van der Waals surface area contributed by atoms with Gasteiger partial charge in [-0.3, -0.25) is 0 Å². The fourth-order valence-electron chi connectivity index (χ4n) is 1.65. The monoisotopic (exact) mass is 318 g/mol. The van der Waals surface area contributed by atoms with Crippen molar-refractivity contribution in [2.75, 3.05) is 33.7 Å². The summed E-state index contributed by atoms with van der Waals surface area (Å²) in [4.78, 5) is 1.36. The molecule has 0 spiro atoms. The molecule has 7 heteroatoms. The average molecular weight is 318 g/mol. The maximum absolute atomic E-state index is 12.0. The van der Waals surface area contributed by atoms with Gasteiger partial charge in [0.15, 0.2) is 5.11 Å². The van der Waals surface area contributed by atoms with Crippen LogP contribution < -0.4 is 20.3 Å². The van der Waals surface area contributed by atoms with Gasteiger partial charge in [0, 0.05) is 6.54 Å². The van der Waals surface area contributed by atoms with Crippen LogP contribution in [0.2, 0.25) is 0 Å². The van der Waals surface area contributed by atoms with Crippen LogP contribution >= 0.6 is 12.2 Å². The van der Waals surface area contributed by atoms with Crippen LogP contribution in [0.15, 0.2) is 24.3 Å². The summed E-state index contributed by atoms with van der Waals surface area (Å²) in [5.41, 5.74) is 1.03. The summed E-state index contributed by atoms with van der Waals surface area (Å²) in [6, 6.07) is 6.62. The first-order valence-corrected chi connectivity index (χ1v) is 7.22. The summed E-state index contributed by atoms with van der Waals surface area (Å²) in [6.07, 6.45) is 0.760. The van der Waals surface area contributed by atoms with E-state index in [9.17, 15) is 8.78 Å². The molecule has 3 N–H and O–H groups in total. The van der Waals surface area contributed by atoms with Crippen molar-refractivity contribution in [1.29, 1.82) is 0 Å². The number of likely N-dealkylation sites (N-methyl/N-ethyl adjacent to an activating group) is 1. The van der Waals surface area contributed by atoms with Gasteiger partial charge in [-0.15, -0.1) is 0 Å². The van der Waals surface area contributed by atoms with E-state index in [1.54, 1.807) is 12.1 Å². The van der Waals surface area contributed by atoms with Crippen molar-refractivity contribution in [2.24, 2.45) is 0 Å². The lowest BCUT2D eigenvalue weighted by atomic mass is 10.1. The van der Waals surface area contributed by atoms with E-state index in [4.69, 9.17) is 12.2 Å². The molecule has 1 rings (SSSR count). The molecule has 0 amide bonds. The molecular formula is C14H22F2N3OS+. The Bertz CT molecular complexity index is 427. The zero-order valence-electron chi connectivity index (χ0n) is 12.3. The molecule has 0 saturated carbocycles. The molecule has 118 valence electrons. The largest absolute Gasteiger partial charge is 0.435 e. The topological polar surface area (TPSA) is 37.7 Å².